The molecule has 12 aliphatic rings. The van der Waals surface area contributed by atoms with Gasteiger partial charge in [0.2, 0.25) is 5.89 Å². The molecule has 11 fully saturated rings. The summed E-state index contributed by atoms with van der Waals surface area (Å²) in [5, 5.41) is 29.4. The zero-order valence-corrected chi connectivity index (χ0v) is 77.8. The summed E-state index contributed by atoms with van der Waals surface area (Å²) in [6.45, 7) is 53.8. The Hall–Kier alpha value is -3.22. The Morgan fingerprint density at radius 2 is 1.03 bits per heavy atom. The molecule has 0 aliphatic carbocycles. The van der Waals surface area contributed by atoms with E-state index < -0.39 is 9.84 Å². The number of β-amino-alcohol motifs (C(OH)–C–C–N with tert-alkyl or cyclic N) is 2. The topological polar surface area (TPSA) is 251 Å². The zero-order chi connectivity index (χ0) is 85.2. The number of likely N-dealkylation sites (tertiary alicyclic amines) is 1. The fraction of sp³-hybridized carbons (Fsp3) is 0.939. The lowest BCUT2D eigenvalue weighted by molar-refractivity contribution is -0.142. The van der Waals surface area contributed by atoms with Crippen molar-refractivity contribution in [1.82, 2.24) is 118 Å². The highest BCUT2D eigenvalue weighted by atomic mass is 32.2. The van der Waals surface area contributed by atoms with E-state index in [0.29, 0.717) is 49.7 Å². The molecular formula is C82H172N24O9S. The number of rotatable bonds is 15. The summed E-state index contributed by atoms with van der Waals surface area (Å²) in [5.41, 5.74) is 0. The van der Waals surface area contributed by atoms with Crippen molar-refractivity contribution in [2.45, 2.75) is 110 Å². The van der Waals surface area contributed by atoms with Gasteiger partial charge in [-0.1, -0.05) is 5.16 Å². The number of hydrogen-bond acceptors (Lipinski definition) is 32. The molecule has 0 aromatic carbocycles. The molecule has 12 aliphatic heterocycles. The van der Waals surface area contributed by atoms with Crippen LogP contribution in [0.3, 0.4) is 0 Å². The fourth-order valence-electron chi connectivity index (χ4n) is 14.8. The number of fused-ring (bicyclic) bond motifs is 2. The van der Waals surface area contributed by atoms with E-state index in [1.54, 1.807) is 6.33 Å². The number of piperidine rings is 1. The molecule has 34 heteroatoms. The van der Waals surface area contributed by atoms with Crippen molar-refractivity contribution >= 4 is 15.8 Å². The first-order valence-electron chi connectivity index (χ1n) is 44.0. The Labute approximate surface area is 705 Å². The van der Waals surface area contributed by atoms with E-state index in [9.17, 15) is 13.2 Å². The molecule has 0 bridgehead atoms. The fourth-order valence-corrected chi connectivity index (χ4v) is 16.1. The molecule has 2 aromatic rings. The van der Waals surface area contributed by atoms with E-state index in [2.05, 4.69) is 216 Å². The number of aliphatic hydroxyl groups excluding tert-OH is 2. The summed E-state index contributed by atoms with van der Waals surface area (Å²) in [6, 6.07) is 1.65. The molecule has 0 saturated carbocycles. The summed E-state index contributed by atoms with van der Waals surface area (Å²) in [5.74, 6) is 3.06. The van der Waals surface area contributed by atoms with Crippen LogP contribution in [-0.2, 0) is 48.5 Å². The first-order chi connectivity index (χ1) is 55.4. The first-order valence-corrected chi connectivity index (χ1v) is 45.9. The van der Waals surface area contributed by atoms with Crippen LogP contribution in [0.5, 0.6) is 0 Å². The van der Waals surface area contributed by atoms with Crippen molar-refractivity contribution in [2.75, 3.05) is 399 Å². The number of esters is 1. The molecule has 0 spiro atoms. The summed E-state index contributed by atoms with van der Waals surface area (Å²) in [7, 11) is 30.6. The monoisotopic (exact) mass is 1670 g/mol. The molecule has 14 rings (SSSR count). The Morgan fingerprint density at radius 3 is 1.50 bits per heavy atom. The minimum atomic E-state index is -2.66. The van der Waals surface area contributed by atoms with Crippen LogP contribution in [0.2, 0.25) is 0 Å². The van der Waals surface area contributed by atoms with Crippen molar-refractivity contribution in [3.8, 4) is 0 Å². The second-order valence-electron chi connectivity index (χ2n) is 34.6. The van der Waals surface area contributed by atoms with E-state index in [1.165, 1.54) is 137 Å². The van der Waals surface area contributed by atoms with Crippen LogP contribution in [0.15, 0.2) is 10.9 Å². The van der Waals surface area contributed by atoms with Crippen LogP contribution in [-0.4, -0.2) is 566 Å². The molecule has 14 heterocycles. The summed E-state index contributed by atoms with van der Waals surface area (Å²) >= 11 is 0. The number of ether oxygens (including phenoxy) is 3. The van der Waals surface area contributed by atoms with E-state index in [1.807, 2.05) is 32.8 Å². The van der Waals surface area contributed by atoms with Gasteiger partial charge in [-0.15, -0.1) is 10.2 Å². The molecule has 116 heavy (non-hydrogen) atoms. The van der Waals surface area contributed by atoms with Crippen molar-refractivity contribution in [1.29, 1.82) is 0 Å². The normalized spacial score (nSPS) is 25.2. The second kappa shape index (κ2) is 61.1. The van der Waals surface area contributed by atoms with Gasteiger partial charge in [-0.2, -0.15) is 4.98 Å². The lowest BCUT2D eigenvalue weighted by atomic mass is 10.0. The van der Waals surface area contributed by atoms with Gasteiger partial charge >= 0.3 is 5.97 Å². The van der Waals surface area contributed by atoms with Crippen LogP contribution in [0.4, 0.5) is 0 Å². The number of hydrogen-bond donors (Lipinski definition) is 2. The summed E-state index contributed by atoms with van der Waals surface area (Å²) in [6.07, 6.45) is 11.1. The first kappa shape index (κ1) is 105. The average molecular weight is 1670 g/mol. The van der Waals surface area contributed by atoms with Gasteiger partial charge in [0.15, 0.2) is 15.7 Å². The molecular weight excluding hydrogens is 1500 g/mol. The van der Waals surface area contributed by atoms with Crippen LogP contribution < -0.4 is 0 Å². The molecule has 3 unspecified atom stereocenters. The van der Waals surface area contributed by atoms with E-state index in [-0.39, 0.29) is 12.1 Å². The molecule has 11 saturated heterocycles. The maximum atomic E-state index is 10.9. The Bertz CT molecular complexity index is 2780. The molecule has 680 valence electrons. The SMILES string of the molecule is CC1C2CCCN2CCN1C.CCOCCN1CCN(C)CC1.CN(C)CCN(C)C.CN1CCCN(C)CC1.CN1CCC[C@H](O)C1.CN1CCN(CC2CCCO2)CC1.CN1CCN(CCO)CC1.CN1CCS(=O)(=O)CC1.CN1CCn2cnnc2C1.COC(=O)CN1CCN(C)CC1.Cc1nc(CN2CCN(C)CC2)no1. The standard InChI is InChI=1S/C10H20N2O.C9H16N4O.C9H20N2O.C9H18N2.C8H16N2O2.C7H16N2O.C7H16N2.C6H10N4.C6H16N2.C6H13NO.C5H11NO2S/c1-11-4-6-12(7-5-11)9-10-3-2-8-13-10;1-8-10-9(11-14-8)7-13-5-3-12(2)4-6-13;1-3-12-9-8-11-6-4-10(2)5-7-11;1-8-9-4-3-5-11(9)7-6-10(8)2;1-9-3-5-10(6-4-9)7-8(11)12-2;1-8-2-4-9(5-3-8)6-7-10;1-8-4-3-5-9(2)7-6-8;1-9-2-3-10-5-7-8-6(10)4-9;1-7(2)5-6-8(3)4;1-7-4-2-3-6(8)5-7;1-6-2-4-9(7,8)5-3-6/h10H,2-9H2,1H3;3-7H2,1-2H3;3-9H2,1-2H3;8-9H,3-7H2,1-2H3;3-7H2,1-2H3;10H,2-7H2,1H3;3-7H2,1-2H3;5H,2-4H2,1H3;5-6H2,1-4H3;6,8H,2-5H2,1H3;2-5H2,1H3/t;;;;;;;;;6-;/m.........0./s1. The summed E-state index contributed by atoms with van der Waals surface area (Å²) in [4.78, 5) is 59.2. The van der Waals surface area contributed by atoms with Crippen molar-refractivity contribution in [3.05, 3.63) is 23.9 Å². The maximum Gasteiger partial charge on any atom is 0.319 e. The van der Waals surface area contributed by atoms with Crippen LogP contribution >= 0.6 is 0 Å². The number of nitrogens with zero attached hydrogens (tertiary/aromatic N) is 24. The lowest BCUT2D eigenvalue weighted by Crippen LogP contribution is -2.54. The highest BCUT2D eigenvalue weighted by Crippen LogP contribution is 2.25. The number of carbonyl (C=O) groups is 1. The smallest absolute Gasteiger partial charge is 0.319 e. The number of sulfone groups is 1. The largest absolute Gasteiger partial charge is 0.468 e. The quantitative estimate of drug-likeness (QED) is 0.172. The van der Waals surface area contributed by atoms with E-state index in [4.69, 9.17) is 24.2 Å². The zero-order valence-electron chi connectivity index (χ0n) is 77.0. The molecule has 4 atom stereocenters. The van der Waals surface area contributed by atoms with Gasteiger partial charge < -0.3 is 92.3 Å². The number of carbonyl (C=O) groups excluding carboxylic acids is 1. The minimum Gasteiger partial charge on any atom is -0.468 e. The molecule has 2 N–H and O–H groups in total. The van der Waals surface area contributed by atoms with Crippen LogP contribution in [0, 0.1) is 6.92 Å². The van der Waals surface area contributed by atoms with Gasteiger partial charge in [0.05, 0.1) is 63.7 Å². The molecule has 0 amide bonds. The molecule has 33 nitrogen and oxygen atoms in total. The third kappa shape index (κ3) is 49.2. The van der Waals surface area contributed by atoms with E-state index in [0.717, 1.165) is 207 Å². The number of methoxy groups -OCH3 is 1. The number of likely N-dealkylation sites (N-methyl/N-ethyl adjacent to an activating group) is 12. The van der Waals surface area contributed by atoms with Gasteiger partial charge in [0.25, 0.3) is 0 Å². The van der Waals surface area contributed by atoms with Gasteiger partial charge in [-0.05, 0) is 191 Å². The van der Waals surface area contributed by atoms with Gasteiger partial charge in [0, 0.05) is 255 Å². The Kier molecular flexibility index (Phi) is 55.4. The predicted octanol–water partition coefficient (Wildman–Crippen LogP) is -0.268. The third-order valence-electron chi connectivity index (χ3n) is 23.5. The number of aromatic nitrogens is 5. The van der Waals surface area contributed by atoms with Gasteiger partial charge in [-0.3, -0.25) is 39.1 Å². The number of aryl methyl sites for hydroxylation is 1. The predicted molar refractivity (Wildman–Crippen MR) is 471 cm³/mol. The van der Waals surface area contributed by atoms with Gasteiger partial charge in [-0.25, -0.2) is 8.42 Å². The van der Waals surface area contributed by atoms with Crippen molar-refractivity contribution in [3.63, 3.8) is 0 Å². The molecule has 0 radical (unpaired) electrons. The second-order valence-corrected chi connectivity index (χ2v) is 36.9. The summed E-state index contributed by atoms with van der Waals surface area (Å²) < 4.78 is 44.1. The number of piperazine rings is 6. The Balaban J connectivity index is 0.000000270. The van der Waals surface area contributed by atoms with Crippen LogP contribution in [0.25, 0.3) is 0 Å². The van der Waals surface area contributed by atoms with E-state index >= 15 is 0 Å². The lowest BCUT2D eigenvalue weighted by Gasteiger charge is -2.41. The Morgan fingerprint density at radius 1 is 0.552 bits per heavy atom. The van der Waals surface area contributed by atoms with Gasteiger partial charge in [0.1, 0.15) is 12.2 Å². The minimum absolute atomic E-state index is 0.0613. The maximum absolute atomic E-state index is 10.9. The van der Waals surface area contributed by atoms with Crippen LogP contribution in [0.1, 0.15) is 76.3 Å². The average Bonchev–Trinajstić information content (AvgIpc) is 1.67. The number of aliphatic hydroxyl groups is 2. The molecule has 2 aromatic heterocycles. The van der Waals surface area contributed by atoms with Crippen molar-refractivity contribution < 1.29 is 42.2 Å². The third-order valence-corrected chi connectivity index (χ3v) is 25.1. The highest BCUT2D eigenvalue weighted by Gasteiger charge is 2.35. The van der Waals surface area contributed by atoms with Crippen molar-refractivity contribution in [2.24, 2.45) is 0 Å². The highest BCUT2D eigenvalue weighted by molar-refractivity contribution is 7.91.